The zero-order valence-corrected chi connectivity index (χ0v) is 11.1. The highest BCUT2D eigenvalue weighted by molar-refractivity contribution is 5.94. The van der Waals surface area contributed by atoms with E-state index >= 15 is 0 Å². The topological polar surface area (TPSA) is 69.6 Å². The summed E-state index contributed by atoms with van der Waals surface area (Å²) in [5, 5.41) is 21.4. The normalized spacial score (nSPS) is 14.7. The first-order chi connectivity index (χ1) is 9.07. The molecule has 0 aromatic heterocycles. The van der Waals surface area contributed by atoms with E-state index in [1.54, 1.807) is 13.8 Å². The highest BCUT2D eigenvalue weighted by atomic mass is 19.4. The fourth-order valence-corrected chi connectivity index (χ4v) is 1.46. The van der Waals surface area contributed by atoms with Crippen LogP contribution in [0.3, 0.4) is 0 Å². The Morgan fingerprint density at radius 3 is 2.40 bits per heavy atom. The number of benzene rings is 1. The second kappa shape index (κ2) is 5.70. The number of halogens is 3. The van der Waals surface area contributed by atoms with Crippen molar-refractivity contribution in [3.05, 3.63) is 29.3 Å². The summed E-state index contributed by atoms with van der Waals surface area (Å²) in [5.41, 5.74) is -2.54. The van der Waals surface area contributed by atoms with Crippen LogP contribution in [0.15, 0.2) is 18.2 Å². The molecule has 0 bridgehead atoms. The molecular weight excluding hydrogens is 275 g/mol. The number of aromatic carboxylic acids is 1. The number of alkyl halides is 3. The van der Waals surface area contributed by atoms with Gasteiger partial charge in [0.05, 0.1) is 16.7 Å². The van der Waals surface area contributed by atoms with Crippen LogP contribution in [0.1, 0.15) is 36.2 Å². The van der Waals surface area contributed by atoms with E-state index in [0.29, 0.717) is 12.5 Å². The van der Waals surface area contributed by atoms with E-state index in [9.17, 15) is 23.1 Å². The Labute approximate surface area is 114 Å². The molecule has 0 spiro atoms. The quantitative estimate of drug-likeness (QED) is 0.780. The van der Waals surface area contributed by atoms with Crippen molar-refractivity contribution in [2.75, 3.05) is 11.9 Å². The van der Waals surface area contributed by atoms with Gasteiger partial charge < -0.3 is 15.5 Å². The van der Waals surface area contributed by atoms with Gasteiger partial charge in [-0.15, -0.1) is 0 Å². The average molecular weight is 291 g/mol. The van der Waals surface area contributed by atoms with Crippen molar-refractivity contribution in [2.45, 2.75) is 32.0 Å². The SMILES string of the molecule is CCC(C)(O)CNc1ccc(C(F)(F)F)cc1C(=O)O. The minimum absolute atomic E-state index is 0.0368. The van der Waals surface area contributed by atoms with Gasteiger partial charge in [0.1, 0.15) is 0 Å². The van der Waals surface area contributed by atoms with Gasteiger partial charge in [0.25, 0.3) is 0 Å². The Morgan fingerprint density at radius 2 is 1.95 bits per heavy atom. The number of carboxylic acids is 1. The summed E-state index contributed by atoms with van der Waals surface area (Å²) in [6, 6.07) is 2.43. The van der Waals surface area contributed by atoms with Crippen molar-refractivity contribution in [1.82, 2.24) is 0 Å². The molecule has 0 amide bonds. The minimum atomic E-state index is -4.60. The van der Waals surface area contributed by atoms with Crippen LogP contribution in [0.25, 0.3) is 0 Å². The third-order valence-corrected chi connectivity index (χ3v) is 3.00. The fourth-order valence-electron chi connectivity index (χ4n) is 1.46. The van der Waals surface area contributed by atoms with E-state index < -0.39 is 28.9 Å². The second-order valence-corrected chi connectivity index (χ2v) is 4.77. The summed E-state index contributed by atoms with van der Waals surface area (Å²) in [6.07, 6.45) is -4.18. The highest BCUT2D eigenvalue weighted by Gasteiger charge is 2.32. The Hall–Kier alpha value is -1.76. The molecule has 3 N–H and O–H groups in total. The summed E-state index contributed by atoms with van der Waals surface area (Å²) < 4.78 is 37.6. The maximum atomic E-state index is 12.5. The van der Waals surface area contributed by atoms with Crippen LogP contribution >= 0.6 is 0 Å². The van der Waals surface area contributed by atoms with Gasteiger partial charge >= 0.3 is 12.1 Å². The van der Waals surface area contributed by atoms with Gasteiger partial charge in [-0.3, -0.25) is 0 Å². The molecular formula is C13H16F3NO3. The van der Waals surface area contributed by atoms with Crippen LogP contribution in [0.5, 0.6) is 0 Å². The van der Waals surface area contributed by atoms with E-state index in [1.807, 2.05) is 0 Å². The van der Waals surface area contributed by atoms with Crippen molar-refractivity contribution >= 4 is 11.7 Å². The van der Waals surface area contributed by atoms with Crippen LogP contribution < -0.4 is 5.32 Å². The van der Waals surface area contributed by atoms with Crippen LogP contribution in [0.4, 0.5) is 18.9 Å². The lowest BCUT2D eigenvalue weighted by molar-refractivity contribution is -0.137. The Morgan fingerprint density at radius 1 is 1.35 bits per heavy atom. The first-order valence-electron chi connectivity index (χ1n) is 5.97. The molecule has 0 saturated carbocycles. The Bertz CT molecular complexity index is 498. The summed E-state index contributed by atoms with van der Waals surface area (Å²) >= 11 is 0. The predicted octanol–water partition coefficient (Wildman–Crippen LogP) is 2.98. The largest absolute Gasteiger partial charge is 0.478 e. The lowest BCUT2D eigenvalue weighted by Crippen LogP contribution is -2.32. The van der Waals surface area contributed by atoms with E-state index in [4.69, 9.17) is 5.11 Å². The molecule has 1 aromatic rings. The molecule has 1 aromatic carbocycles. The Kier molecular flexibility index (Phi) is 4.65. The van der Waals surface area contributed by atoms with Crippen molar-refractivity contribution in [2.24, 2.45) is 0 Å². The summed E-state index contributed by atoms with van der Waals surface area (Å²) in [6.45, 7) is 3.33. The van der Waals surface area contributed by atoms with Gasteiger partial charge in [0, 0.05) is 12.2 Å². The van der Waals surface area contributed by atoms with Crippen LogP contribution in [0.2, 0.25) is 0 Å². The summed E-state index contributed by atoms with van der Waals surface area (Å²) in [7, 11) is 0. The van der Waals surface area contributed by atoms with Gasteiger partial charge in [0.2, 0.25) is 0 Å². The molecule has 0 radical (unpaired) electrons. The first kappa shape index (κ1) is 16.3. The number of carbonyl (C=O) groups is 1. The molecule has 1 rings (SSSR count). The smallest absolute Gasteiger partial charge is 0.416 e. The fraction of sp³-hybridized carbons (Fsp3) is 0.462. The molecule has 7 heteroatoms. The zero-order valence-electron chi connectivity index (χ0n) is 11.1. The number of rotatable bonds is 5. The monoisotopic (exact) mass is 291 g/mol. The standard InChI is InChI=1S/C13H16F3NO3/c1-3-12(2,20)7-17-10-5-4-8(13(14,15)16)6-9(10)11(18)19/h4-6,17,20H,3,7H2,1-2H3,(H,18,19). The van der Waals surface area contributed by atoms with Gasteiger partial charge in [-0.25, -0.2) is 4.79 Å². The maximum absolute atomic E-state index is 12.5. The molecule has 20 heavy (non-hydrogen) atoms. The van der Waals surface area contributed by atoms with Crippen molar-refractivity contribution in [1.29, 1.82) is 0 Å². The molecule has 0 aliphatic heterocycles. The summed E-state index contributed by atoms with van der Waals surface area (Å²) in [5.74, 6) is -1.46. The number of carboxylic acid groups (broad SMARTS) is 1. The van der Waals surface area contributed by atoms with E-state index in [0.717, 1.165) is 12.1 Å². The van der Waals surface area contributed by atoms with E-state index in [1.165, 1.54) is 0 Å². The number of hydrogen-bond acceptors (Lipinski definition) is 3. The van der Waals surface area contributed by atoms with Crippen molar-refractivity contribution in [3.63, 3.8) is 0 Å². The molecule has 0 aliphatic rings. The number of nitrogens with one attached hydrogen (secondary N) is 1. The molecule has 0 saturated heterocycles. The van der Waals surface area contributed by atoms with Crippen molar-refractivity contribution in [3.8, 4) is 0 Å². The second-order valence-electron chi connectivity index (χ2n) is 4.77. The molecule has 0 aliphatic carbocycles. The van der Waals surface area contributed by atoms with Crippen LogP contribution in [0, 0.1) is 0 Å². The molecule has 1 unspecified atom stereocenters. The van der Waals surface area contributed by atoms with Gasteiger partial charge in [-0.1, -0.05) is 6.92 Å². The molecule has 4 nitrogen and oxygen atoms in total. The van der Waals surface area contributed by atoms with Gasteiger partial charge in [0.15, 0.2) is 0 Å². The molecule has 112 valence electrons. The van der Waals surface area contributed by atoms with Crippen LogP contribution in [-0.2, 0) is 6.18 Å². The van der Waals surface area contributed by atoms with Gasteiger partial charge in [-0.2, -0.15) is 13.2 Å². The predicted molar refractivity (Wildman–Crippen MR) is 67.8 cm³/mol. The van der Waals surface area contributed by atoms with Crippen LogP contribution in [-0.4, -0.2) is 28.3 Å². The molecule has 0 heterocycles. The molecule has 0 fully saturated rings. The summed E-state index contributed by atoms with van der Waals surface area (Å²) in [4.78, 5) is 11.0. The molecule has 1 atom stereocenters. The third-order valence-electron chi connectivity index (χ3n) is 3.00. The third kappa shape index (κ3) is 4.12. The Balaban J connectivity index is 3.06. The average Bonchev–Trinajstić information content (AvgIpc) is 2.35. The van der Waals surface area contributed by atoms with E-state index in [-0.39, 0.29) is 12.2 Å². The van der Waals surface area contributed by atoms with Crippen molar-refractivity contribution < 1.29 is 28.2 Å². The number of aliphatic hydroxyl groups is 1. The maximum Gasteiger partial charge on any atom is 0.416 e. The highest BCUT2D eigenvalue weighted by Crippen LogP contribution is 2.32. The first-order valence-corrected chi connectivity index (χ1v) is 5.97. The minimum Gasteiger partial charge on any atom is -0.478 e. The lowest BCUT2D eigenvalue weighted by Gasteiger charge is -2.23. The number of hydrogen-bond donors (Lipinski definition) is 3. The van der Waals surface area contributed by atoms with E-state index in [2.05, 4.69) is 5.32 Å². The lowest BCUT2D eigenvalue weighted by atomic mass is 10.0. The number of anilines is 1. The van der Waals surface area contributed by atoms with Gasteiger partial charge in [-0.05, 0) is 31.5 Å². The zero-order chi connectivity index (χ0) is 15.6.